The quantitative estimate of drug-likeness (QED) is 0.874. The summed E-state index contributed by atoms with van der Waals surface area (Å²) in [6.07, 6.45) is 2.26. The molecule has 2 amide bonds. The van der Waals surface area contributed by atoms with Crippen LogP contribution >= 0.6 is 0 Å². The average molecular weight is 376 g/mol. The van der Waals surface area contributed by atoms with Gasteiger partial charge >= 0.3 is 6.09 Å². The molecular weight excluding hydrogens is 347 g/mol. The number of amides is 2. The molecule has 1 aromatic carbocycles. The number of nitrogens with zero attached hydrogens (tertiary/aromatic N) is 1. The third-order valence-electron chi connectivity index (χ3n) is 5.16. The number of benzene rings is 1. The van der Waals surface area contributed by atoms with Crippen LogP contribution in [0.3, 0.4) is 0 Å². The summed E-state index contributed by atoms with van der Waals surface area (Å²) < 4.78 is 19.1. The molecule has 6 heteroatoms. The number of hydrogen-bond acceptors (Lipinski definition) is 3. The molecule has 2 fully saturated rings. The summed E-state index contributed by atoms with van der Waals surface area (Å²) in [5, 5.41) is 3.09. The van der Waals surface area contributed by atoms with E-state index in [0.717, 1.165) is 24.0 Å². The van der Waals surface area contributed by atoms with E-state index in [2.05, 4.69) is 5.32 Å². The SMILES string of the molecule is Cc1cc(F)ccc1[C@@H]1CN(C(=O)OC(C)(C)C)CC[C@H]1C(=O)NC1CC1. The highest BCUT2D eigenvalue weighted by Gasteiger charge is 2.39. The lowest BCUT2D eigenvalue weighted by molar-refractivity contribution is -0.127. The molecule has 1 saturated heterocycles. The monoisotopic (exact) mass is 376 g/mol. The lowest BCUT2D eigenvalue weighted by Crippen LogP contribution is -2.49. The van der Waals surface area contributed by atoms with Crippen LogP contribution < -0.4 is 5.32 Å². The average Bonchev–Trinajstić information content (AvgIpc) is 3.36. The molecule has 0 radical (unpaired) electrons. The minimum absolute atomic E-state index is 0.0371. The molecule has 0 bridgehead atoms. The Kier molecular flexibility index (Phi) is 5.45. The van der Waals surface area contributed by atoms with Gasteiger partial charge in [0.05, 0.1) is 0 Å². The normalized spacial score (nSPS) is 23.1. The van der Waals surface area contributed by atoms with E-state index in [9.17, 15) is 14.0 Å². The second-order valence-electron chi connectivity index (χ2n) is 8.71. The molecule has 1 saturated carbocycles. The van der Waals surface area contributed by atoms with Crippen molar-refractivity contribution in [3.05, 3.63) is 35.1 Å². The third kappa shape index (κ3) is 4.99. The summed E-state index contributed by atoms with van der Waals surface area (Å²) in [5.74, 6) is -0.663. The highest BCUT2D eigenvalue weighted by Crippen LogP contribution is 2.36. The van der Waals surface area contributed by atoms with Crippen molar-refractivity contribution < 1.29 is 18.7 Å². The van der Waals surface area contributed by atoms with Crippen LogP contribution in [0.2, 0.25) is 0 Å². The number of nitrogens with one attached hydrogen (secondary N) is 1. The largest absolute Gasteiger partial charge is 0.444 e. The molecule has 27 heavy (non-hydrogen) atoms. The minimum atomic E-state index is -0.571. The lowest BCUT2D eigenvalue weighted by Gasteiger charge is -2.39. The highest BCUT2D eigenvalue weighted by molar-refractivity contribution is 5.81. The first-order valence-electron chi connectivity index (χ1n) is 9.68. The fourth-order valence-corrected chi connectivity index (χ4v) is 3.66. The van der Waals surface area contributed by atoms with Gasteiger partial charge in [-0.05, 0) is 70.2 Å². The Hall–Kier alpha value is -2.11. The van der Waals surface area contributed by atoms with Crippen LogP contribution in [0.1, 0.15) is 57.1 Å². The Morgan fingerprint density at radius 3 is 2.52 bits per heavy atom. The third-order valence-corrected chi connectivity index (χ3v) is 5.16. The Morgan fingerprint density at radius 1 is 1.22 bits per heavy atom. The zero-order valence-electron chi connectivity index (χ0n) is 16.5. The van der Waals surface area contributed by atoms with Crippen LogP contribution in [0.5, 0.6) is 0 Å². The molecule has 2 atom stereocenters. The first kappa shape index (κ1) is 19.6. The van der Waals surface area contributed by atoms with E-state index in [-0.39, 0.29) is 35.7 Å². The van der Waals surface area contributed by atoms with Crippen molar-refractivity contribution in [1.29, 1.82) is 0 Å². The maximum Gasteiger partial charge on any atom is 0.410 e. The number of aryl methyl sites for hydroxylation is 1. The Labute approximate surface area is 160 Å². The van der Waals surface area contributed by atoms with Crippen molar-refractivity contribution in [3.8, 4) is 0 Å². The van der Waals surface area contributed by atoms with Crippen molar-refractivity contribution in [2.45, 2.75) is 64.5 Å². The van der Waals surface area contributed by atoms with Gasteiger partial charge in [0.25, 0.3) is 0 Å². The molecule has 1 aliphatic heterocycles. The fourth-order valence-electron chi connectivity index (χ4n) is 3.66. The van der Waals surface area contributed by atoms with Crippen LogP contribution in [-0.4, -0.2) is 41.6 Å². The maximum absolute atomic E-state index is 13.6. The van der Waals surface area contributed by atoms with E-state index in [1.165, 1.54) is 12.1 Å². The van der Waals surface area contributed by atoms with Gasteiger partial charge in [0, 0.05) is 31.0 Å². The maximum atomic E-state index is 13.6. The van der Waals surface area contributed by atoms with Crippen molar-refractivity contribution in [3.63, 3.8) is 0 Å². The van der Waals surface area contributed by atoms with E-state index in [1.807, 2.05) is 27.7 Å². The molecule has 2 aliphatic rings. The Bertz CT molecular complexity index is 725. The van der Waals surface area contributed by atoms with Crippen LogP contribution in [0, 0.1) is 18.7 Å². The Balaban J connectivity index is 1.83. The van der Waals surface area contributed by atoms with Crippen molar-refractivity contribution in [1.82, 2.24) is 10.2 Å². The number of carbonyl (C=O) groups excluding carboxylic acids is 2. The van der Waals surface area contributed by atoms with E-state index in [1.54, 1.807) is 11.0 Å². The minimum Gasteiger partial charge on any atom is -0.444 e. The smallest absolute Gasteiger partial charge is 0.410 e. The molecule has 1 aromatic rings. The van der Waals surface area contributed by atoms with Crippen LogP contribution in [0.25, 0.3) is 0 Å². The molecular formula is C21H29FN2O3. The molecule has 3 rings (SSSR count). The molecule has 0 unspecified atom stereocenters. The number of ether oxygens (including phenoxy) is 1. The number of piperidine rings is 1. The summed E-state index contributed by atoms with van der Waals surface area (Å²) in [6, 6.07) is 4.93. The van der Waals surface area contributed by atoms with E-state index in [4.69, 9.17) is 4.74 Å². The topological polar surface area (TPSA) is 58.6 Å². The van der Waals surface area contributed by atoms with E-state index >= 15 is 0 Å². The summed E-state index contributed by atoms with van der Waals surface area (Å²) >= 11 is 0. The lowest BCUT2D eigenvalue weighted by atomic mass is 9.78. The van der Waals surface area contributed by atoms with Gasteiger partial charge in [-0.25, -0.2) is 9.18 Å². The summed E-state index contributed by atoms with van der Waals surface area (Å²) in [6.45, 7) is 8.23. The number of likely N-dealkylation sites (tertiary alicyclic amines) is 1. The molecule has 0 spiro atoms. The van der Waals surface area contributed by atoms with Crippen LogP contribution in [-0.2, 0) is 9.53 Å². The van der Waals surface area contributed by atoms with Crippen molar-refractivity contribution >= 4 is 12.0 Å². The van der Waals surface area contributed by atoms with Gasteiger partial charge in [0.2, 0.25) is 5.91 Å². The number of halogens is 1. The first-order valence-corrected chi connectivity index (χ1v) is 9.68. The van der Waals surface area contributed by atoms with Gasteiger partial charge in [0.1, 0.15) is 11.4 Å². The number of carbonyl (C=O) groups is 2. The Morgan fingerprint density at radius 2 is 1.93 bits per heavy atom. The standard InChI is InChI=1S/C21H29FN2O3/c1-13-11-14(22)5-8-16(13)18-12-24(20(26)27-21(2,3)4)10-9-17(18)19(25)23-15-6-7-15/h5,8,11,15,17-18H,6-7,9-10,12H2,1-4H3,(H,23,25)/t17-,18+/m1/s1. The molecule has 1 heterocycles. The molecule has 0 aromatic heterocycles. The van der Waals surface area contributed by atoms with Gasteiger partial charge in [-0.2, -0.15) is 0 Å². The van der Waals surface area contributed by atoms with Crippen LogP contribution in [0.4, 0.5) is 9.18 Å². The summed E-state index contributed by atoms with van der Waals surface area (Å²) in [7, 11) is 0. The van der Waals surface area contributed by atoms with Crippen LogP contribution in [0.15, 0.2) is 18.2 Å². The fraction of sp³-hybridized carbons (Fsp3) is 0.619. The number of rotatable bonds is 3. The van der Waals surface area contributed by atoms with Crippen molar-refractivity contribution in [2.75, 3.05) is 13.1 Å². The zero-order chi connectivity index (χ0) is 19.8. The first-order chi connectivity index (χ1) is 12.6. The van der Waals surface area contributed by atoms with Crippen molar-refractivity contribution in [2.24, 2.45) is 5.92 Å². The predicted molar refractivity (Wildman–Crippen MR) is 101 cm³/mol. The molecule has 1 N–H and O–H groups in total. The van der Waals surface area contributed by atoms with Gasteiger partial charge in [-0.3, -0.25) is 4.79 Å². The summed E-state index contributed by atoms with van der Waals surface area (Å²) in [5.41, 5.74) is 1.15. The van der Waals surface area contributed by atoms with E-state index < -0.39 is 5.60 Å². The second-order valence-corrected chi connectivity index (χ2v) is 8.71. The van der Waals surface area contributed by atoms with Gasteiger partial charge in [-0.15, -0.1) is 0 Å². The van der Waals surface area contributed by atoms with E-state index in [0.29, 0.717) is 19.5 Å². The molecule has 148 valence electrons. The molecule has 1 aliphatic carbocycles. The van der Waals surface area contributed by atoms with Gasteiger partial charge in [0.15, 0.2) is 0 Å². The number of hydrogen-bond donors (Lipinski definition) is 1. The van der Waals surface area contributed by atoms with Gasteiger partial charge < -0.3 is 15.0 Å². The molecule has 5 nitrogen and oxygen atoms in total. The predicted octanol–water partition coefficient (Wildman–Crippen LogP) is 3.75. The second kappa shape index (κ2) is 7.49. The zero-order valence-corrected chi connectivity index (χ0v) is 16.5. The highest BCUT2D eigenvalue weighted by atomic mass is 19.1. The summed E-state index contributed by atoms with van der Waals surface area (Å²) in [4.78, 5) is 27.0. The van der Waals surface area contributed by atoms with Gasteiger partial charge in [-0.1, -0.05) is 6.07 Å².